The number of nitrogens with two attached hydrogens (primary N) is 1. The summed E-state index contributed by atoms with van der Waals surface area (Å²) in [5.74, 6) is -0.0301. The number of hydrogen-bond donors (Lipinski definition) is 3. The monoisotopic (exact) mass is 292 g/mol. The topological polar surface area (TPSA) is 87.5 Å². The Hall–Kier alpha value is -2.08. The highest BCUT2D eigenvalue weighted by Crippen LogP contribution is 2.10. The zero-order valence-corrected chi connectivity index (χ0v) is 12.7. The number of hydrogen-bond acceptors (Lipinski definition) is 4. The molecule has 0 aliphatic carbocycles. The second kappa shape index (κ2) is 8.97. The predicted molar refractivity (Wildman–Crippen MR) is 84.9 cm³/mol. The third-order valence-electron chi connectivity index (χ3n) is 2.93. The Labute approximate surface area is 125 Å². The second-order valence-electron chi connectivity index (χ2n) is 4.97. The molecule has 2 amide bonds. The van der Waals surface area contributed by atoms with Gasteiger partial charge in [-0.25, -0.2) is 0 Å². The van der Waals surface area contributed by atoms with Crippen LogP contribution in [0.5, 0.6) is 0 Å². The largest absolute Gasteiger partial charge is 0.399 e. The third-order valence-corrected chi connectivity index (χ3v) is 2.93. The summed E-state index contributed by atoms with van der Waals surface area (Å²) >= 11 is 0. The van der Waals surface area contributed by atoms with Crippen LogP contribution in [0.15, 0.2) is 24.3 Å². The van der Waals surface area contributed by atoms with E-state index < -0.39 is 0 Å². The summed E-state index contributed by atoms with van der Waals surface area (Å²) in [7, 11) is 1.87. The van der Waals surface area contributed by atoms with Crippen molar-refractivity contribution in [3.05, 3.63) is 24.3 Å². The Morgan fingerprint density at radius 2 is 1.86 bits per heavy atom. The number of rotatable bonds is 8. The molecule has 116 valence electrons. The highest BCUT2D eigenvalue weighted by molar-refractivity contribution is 5.90. The SMILES string of the molecule is CCNC(=O)CN(C)CCCC(=O)Nc1ccc(N)cc1. The standard InChI is InChI=1S/C15H24N4O2/c1-3-17-15(21)11-19(2)10-4-5-14(20)18-13-8-6-12(16)7-9-13/h6-9H,3-5,10-11,16H2,1-2H3,(H,17,21)(H,18,20). The maximum Gasteiger partial charge on any atom is 0.234 e. The maximum atomic E-state index is 11.8. The van der Waals surface area contributed by atoms with Gasteiger partial charge in [-0.05, 0) is 51.2 Å². The molecule has 0 aliphatic heterocycles. The van der Waals surface area contributed by atoms with E-state index in [-0.39, 0.29) is 11.8 Å². The molecule has 1 aromatic rings. The lowest BCUT2D eigenvalue weighted by molar-refractivity contribution is -0.121. The van der Waals surface area contributed by atoms with Gasteiger partial charge in [0.2, 0.25) is 11.8 Å². The quantitative estimate of drug-likeness (QED) is 0.625. The molecule has 1 aromatic carbocycles. The summed E-state index contributed by atoms with van der Waals surface area (Å²) in [6, 6.07) is 7.04. The van der Waals surface area contributed by atoms with Crippen molar-refractivity contribution < 1.29 is 9.59 Å². The molecule has 0 saturated carbocycles. The Bertz CT molecular complexity index is 459. The molecular weight excluding hydrogens is 268 g/mol. The minimum atomic E-state index is -0.0359. The molecule has 0 bridgehead atoms. The van der Waals surface area contributed by atoms with Gasteiger partial charge < -0.3 is 16.4 Å². The van der Waals surface area contributed by atoms with Crippen LogP contribution in [0.25, 0.3) is 0 Å². The van der Waals surface area contributed by atoms with Gasteiger partial charge in [-0.3, -0.25) is 14.5 Å². The fourth-order valence-electron chi connectivity index (χ4n) is 1.88. The van der Waals surface area contributed by atoms with Crippen molar-refractivity contribution in [3.8, 4) is 0 Å². The Balaban J connectivity index is 2.21. The number of carbonyl (C=O) groups excluding carboxylic acids is 2. The Kier molecular flexibility index (Phi) is 7.25. The van der Waals surface area contributed by atoms with Crippen molar-refractivity contribution in [2.75, 3.05) is 37.7 Å². The molecule has 0 fully saturated rings. The normalized spacial score (nSPS) is 10.4. The van der Waals surface area contributed by atoms with Crippen LogP contribution < -0.4 is 16.4 Å². The van der Waals surface area contributed by atoms with Crippen molar-refractivity contribution in [2.45, 2.75) is 19.8 Å². The van der Waals surface area contributed by atoms with Crippen molar-refractivity contribution in [2.24, 2.45) is 0 Å². The number of nitrogens with zero attached hydrogens (tertiary/aromatic N) is 1. The number of likely N-dealkylation sites (N-methyl/N-ethyl adjacent to an activating group) is 2. The highest BCUT2D eigenvalue weighted by Gasteiger charge is 2.07. The molecule has 6 nitrogen and oxygen atoms in total. The lowest BCUT2D eigenvalue weighted by Gasteiger charge is -2.15. The van der Waals surface area contributed by atoms with Gasteiger partial charge in [-0.2, -0.15) is 0 Å². The van der Waals surface area contributed by atoms with Crippen LogP contribution in [-0.4, -0.2) is 43.4 Å². The van der Waals surface area contributed by atoms with E-state index in [1.54, 1.807) is 24.3 Å². The minimum absolute atomic E-state index is 0.00586. The van der Waals surface area contributed by atoms with Crippen molar-refractivity contribution in [3.63, 3.8) is 0 Å². The van der Waals surface area contributed by atoms with Gasteiger partial charge in [-0.15, -0.1) is 0 Å². The fraction of sp³-hybridized carbons (Fsp3) is 0.467. The number of anilines is 2. The van der Waals surface area contributed by atoms with Gasteiger partial charge in [0.1, 0.15) is 0 Å². The van der Waals surface area contributed by atoms with Crippen LogP contribution in [0.4, 0.5) is 11.4 Å². The molecule has 0 aliphatic rings. The summed E-state index contributed by atoms with van der Waals surface area (Å²) in [5.41, 5.74) is 6.99. The average Bonchev–Trinajstić information content (AvgIpc) is 2.41. The van der Waals surface area contributed by atoms with Gasteiger partial charge in [-0.1, -0.05) is 0 Å². The van der Waals surface area contributed by atoms with Crippen LogP contribution in [0.3, 0.4) is 0 Å². The number of nitrogens with one attached hydrogen (secondary N) is 2. The van der Waals surface area contributed by atoms with E-state index in [2.05, 4.69) is 10.6 Å². The maximum absolute atomic E-state index is 11.8. The zero-order valence-electron chi connectivity index (χ0n) is 12.7. The first-order chi connectivity index (χ1) is 10.0. The molecule has 21 heavy (non-hydrogen) atoms. The average molecular weight is 292 g/mol. The molecule has 0 atom stereocenters. The summed E-state index contributed by atoms with van der Waals surface area (Å²) in [5, 5.41) is 5.55. The smallest absolute Gasteiger partial charge is 0.234 e. The molecule has 0 heterocycles. The molecule has 0 saturated heterocycles. The van der Waals surface area contributed by atoms with Crippen LogP contribution >= 0.6 is 0 Å². The number of benzene rings is 1. The van der Waals surface area contributed by atoms with Gasteiger partial charge >= 0.3 is 0 Å². The Morgan fingerprint density at radius 1 is 1.19 bits per heavy atom. The van der Waals surface area contributed by atoms with E-state index in [0.717, 1.165) is 5.69 Å². The van der Waals surface area contributed by atoms with E-state index >= 15 is 0 Å². The van der Waals surface area contributed by atoms with E-state index in [4.69, 9.17) is 5.73 Å². The van der Waals surface area contributed by atoms with E-state index in [1.807, 2.05) is 18.9 Å². The third kappa shape index (κ3) is 7.31. The summed E-state index contributed by atoms with van der Waals surface area (Å²) in [6.07, 6.45) is 1.13. The van der Waals surface area contributed by atoms with E-state index in [0.29, 0.717) is 38.2 Å². The van der Waals surface area contributed by atoms with Gasteiger partial charge in [0, 0.05) is 24.3 Å². The summed E-state index contributed by atoms with van der Waals surface area (Å²) in [4.78, 5) is 25.0. The van der Waals surface area contributed by atoms with Gasteiger partial charge in [0.05, 0.1) is 6.54 Å². The molecular formula is C15H24N4O2. The van der Waals surface area contributed by atoms with Crippen LogP contribution in [0.1, 0.15) is 19.8 Å². The van der Waals surface area contributed by atoms with Gasteiger partial charge in [0.25, 0.3) is 0 Å². The lowest BCUT2D eigenvalue weighted by Crippen LogP contribution is -2.35. The lowest BCUT2D eigenvalue weighted by atomic mass is 10.2. The molecule has 6 heteroatoms. The second-order valence-corrected chi connectivity index (χ2v) is 4.97. The Morgan fingerprint density at radius 3 is 2.48 bits per heavy atom. The van der Waals surface area contributed by atoms with E-state index in [9.17, 15) is 9.59 Å². The first-order valence-corrected chi connectivity index (χ1v) is 7.12. The molecule has 0 aromatic heterocycles. The molecule has 0 spiro atoms. The van der Waals surface area contributed by atoms with Crippen molar-refractivity contribution in [1.82, 2.24) is 10.2 Å². The minimum Gasteiger partial charge on any atom is -0.399 e. The first-order valence-electron chi connectivity index (χ1n) is 7.12. The predicted octanol–water partition coefficient (Wildman–Crippen LogP) is 1.06. The number of amides is 2. The summed E-state index contributed by atoms with van der Waals surface area (Å²) in [6.45, 7) is 3.58. The van der Waals surface area contributed by atoms with Gasteiger partial charge in [0.15, 0.2) is 0 Å². The van der Waals surface area contributed by atoms with Crippen molar-refractivity contribution in [1.29, 1.82) is 0 Å². The van der Waals surface area contributed by atoms with Crippen LogP contribution in [0.2, 0.25) is 0 Å². The zero-order chi connectivity index (χ0) is 15.7. The molecule has 1 rings (SSSR count). The number of nitrogen functional groups attached to an aromatic ring is 1. The first kappa shape index (κ1) is 17.0. The highest BCUT2D eigenvalue weighted by atomic mass is 16.2. The number of carbonyl (C=O) groups is 2. The molecule has 0 radical (unpaired) electrons. The van der Waals surface area contributed by atoms with Crippen molar-refractivity contribution >= 4 is 23.2 Å². The molecule has 0 unspecified atom stereocenters. The van der Waals surface area contributed by atoms with E-state index in [1.165, 1.54) is 0 Å². The van der Waals surface area contributed by atoms with Crippen LogP contribution in [-0.2, 0) is 9.59 Å². The van der Waals surface area contributed by atoms with Crippen LogP contribution in [0, 0.1) is 0 Å². The summed E-state index contributed by atoms with van der Waals surface area (Å²) < 4.78 is 0. The fourth-order valence-corrected chi connectivity index (χ4v) is 1.88. The molecule has 4 N–H and O–H groups in total.